The first-order chi connectivity index (χ1) is 13.9. The number of anilines is 1. The number of sulfonamides is 1. The summed E-state index contributed by atoms with van der Waals surface area (Å²) in [5.74, 6) is -0.452. The number of rotatable bonds is 4. The van der Waals surface area contributed by atoms with Gasteiger partial charge in [0.05, 0.1) is 22.9 Å². The van der Waals surface area contributed by atoms with E-state index < -0.39 is 16.0 Å². The number of benzene rings is 2. The zero-order valence-electron chi connectivity index (χ0n) is 16.1. The van der Waals surface area contributed by atoms with E-state index in [4.69, 9.17) is 4.74 Å². The molecule has 0 saturated carbocycles. The highest BCUT2D eigenvalue weighted by Crippen LogP contribution is 2.40. The standard InChI is InChI=1S/C21H20N2O4S2/c1-3-27-21(24)20-22-19-16-6-4-5-7-17(16)23(13-12-18(19)28-20)29(25,26)15-10-8-14(2)9-11-15/h4-11H,3,12-13H2,1-2H3. The average Bonchev–Trinajstić information content (AvgIpc) is 3.06. The number of carbonyl (C=O) groups excluding carboxylic acids is 1. The van der Waals surface area contributed by atoms with Crippen molar-refractivity contribution >= 4 is 33.0 Å². The van der Waals surface area contributed by atoms with Gasteiger partial charge in [0.2, 0.25) is 5.01 Å². The predicted molar refractivity (Wildman–Crippen MR) is 113 cm³/mol. The van der Waals surface area contributed by atoms with Gasteiger partial charge in [-0.25, -0.2) is 18.2 Å². The molecule has 0 bridgehead atoms. The smallest absolute Gasteiger partial charge is 0.367 e. The van der Waals surface area contributed by atoms with Crippen LogP contribution >= 0.6 is 11.3 Å². The zero-order valence-corrected chi connectivity index (χ0v) is 17.7. The van der Waals surface area contributed by atoms with Crippen LogP contribution in [0.2, 0.25) is 0 Å². The van der Waals surface area contributed by atoms with Crippen LogP contribution in [0.3, 0.4) is 0 Å². The van der Waals surface area contributed by atoms with E-state index in [1.807, 2.05) is 19.1 Å². The SMILES string of the molecule is CCOC(=O)c1nc2c(s1)CCN(S(=O)(=O)c1ccc(C)cc1)c1ccccc1-2. The molecule has 1 aliphatic rings. The minimum Gasteiger partial charge on any atom is -0.461 e. The highest BCUT2D eigenvalue weighted by atomic mass is 32.2. The molecule has 3 aromatic rings. The average molecular weight is 429 g/mol. The van der Waals surface area contributed by atoms with E-state index in [1.165, 1.54) is 15.6 Å². The van der Waals surface area contributed by atoms with Crippen molar-refractivity contribution in [3.05, 3.63) is 64.0 Å². The second-order valence-corrected chi connectivity index (χ2v) is 9.61. The van der Waals surface area contributed by atoms with Gasteiger partial charge in [0, 0.05) is 23.4 Å². The first-order valence-corrected chi connectivity index (χ1v) is 11.5. The fraction of sp³-hybridized carbons (Fsp3) is 0.238. The number of fused-ring (bicyclic) bond motifs is 3. The van der Waals surface area contributed by atoms with E-state index in [-0.39, 0.29) is 18.0 Å². The van der Waals surface area contributed by atoms with Crippen LogP contribution < -0.4 is 4.31 Å². The number of para-hydroxylation sites is 1. The van der Waals surface area contributed by atoms with Crippen molar-refractivity contribution in [2.45, 2.75) is 25.2 Å². The van der Waals surface area contributed by atoms with E-state index in [0.29, 0.717) is 28.4 Å². The van der Waals surface area contributed by atoms with Crippen LogP contribution in [0.25, 0.3) is 11.3 Å². The summed E-state index contributed by atoms with van der Waals surface area (Å²) in [7, 11) is -3.73. The van der Waals surface area contributed by atoms with Crippen molar-refractivity contribution in [3.63, 3.8) is 0 Å². The fourth-order valence-electron chi connectivity index (χ4n) is 3.31. The predicted octanol–water partition coefficient (Wildman–Crippen LogP) is 4.05. The number of hydrogen-bond donors (Lipinski definition) is 0. The van der Waals surface area contributed by atoms with Crippen LogP contribution in [0.4, 0.5) is 5.69 Å². The van der Waals surface area contributed by atoms with Crippen LogP contribution in [0.5, 0.6) is 0 Å². The molecule has 150 valence electrons. The van der Waals surface area contributed by atoms with Crippen molar-refractivity contribution < 1.29 is 17.9 Å². The maximum absolute atomic E-state index is 13.4. The number of carbonyl (C=O) groups is 1. The molecule has 0 N–H and O–H groups in total. The third kappa shape index (κ3) is 3.54. The van der Waals surface area contributed by atoms with E-state index >= 15 is 0 Å². The van der Waals surface area contributed by atoms with Crippen molar-refractivity contribution in [2.75, 3.05) is 17.5 Å². The Morgan fingerprint density at radius 2 is 1.90 bits per heavy atom. The quantitative estimate of drug-likeness (QED) is 0.586. The molecule has 29 heavy (non-hydrogen) atoms. The van der Waals surface area contributed by atoms with Crippen LogP contribution in [0, 0.1) is 6.92 Å². The van der Waals surface area contributed by atoms with Gasteiger partial charge in [0.25, 0.3) is 10.0 Å². The second kappa shape index (κ2) is 7.61. The molecule has 1 aliphatic heterocycles. The summed E-state index contributed by atoms with van der Waals surface area (Å²) in [6, 6.07) is 14.1. The second-order valence-electron chi connectivity index (χ2n) is 6.67. The summed E-state index contributed by atoms with van der Waals surface area (Å²) >= 11 is 1.26. The largest absolute Gasteiger partial charge is 0.461 e. The molecule has 0 saturated heterocycles. The van der Waals surface area contributed by atoms with Gasteiger partial charge in [0.1, 0.15) is 0 Å². The fourth-order valence-corrected chi connectivity index (χ4v) is 5.76. The van der Waals surface area contributed by atoms with E-state index in [9.17, 15) is 13.2 Å². The zero-order chi connectivity index (χ0) is 20.6. The molecule has 2 aromatic carbocycles. The van der Waals surface area contributed by atoms with E-state index in [1.54, 1.807) is 43.3 Å². The van der Waals surface area contributed by atoms with Gasteiger partial charge < -0.3 is 4.74 Å². The number of aromatic nitrogens is 1. The summed E-state index contributed by atoms with van der Waals surface area (Å²) in [4.78, 5) is 17.7. The summed E-state index contributed by atoms with van der Waals surface area (Å²) in [5, 5.41) is 0.293. The Labute approximate surface area is 173 Å². The van der Waals surface area contributed by atoms with Gasteiger partial charge in [-0.15, -0.1) is 11.3 Å². The highest BCUT2D eigenvalue weighted by Gasteiger charge is 2.32. The third-order valence-electron chi connectivity index (χ3n) is 4.73. The Morgan fingerprint density at radius 3 is 2.62 bits per heavy atom. The molecular weight excluding hydrogens is 408 g/mol. The van der Waals surface area contributed by atoms with Gasteiger partial charge in [-0.1, -0.05) is 35.9 Å². The highest BCUT2D eigenvalue weighted by molar-refractivity contribution is 7.92. The van der Waals surface area contributed by atoms with Crippen molar-refractivity contribution in [1.29, 1.82) is 0 Å². The molecule has 0 spiro atoms. The molecule has 0 aliphatic carbocycles. The Balaban J connectivity index is 1.81. The molecule has 0 fully saturated rings. The molecule has 0 amide bonds. The van der Waals surface area contributed by atoms with Crippen LogP contribution in [-0.2, 0) is 21.2 Å². The Kier molecular flexibility index (Phi) is 5.14. The van der Waals surface area contributed by atoms with Crippen LogP contribution in [0.15, 0.2) is 53.4 Å². The number of ether oxygens (including phenoxy) is 1. The monoisotopic (exact) mass is 428 g/mol. The van der Waals surface area contributed by atoms with Gasteiger partial charge in [-0.05, 0) is 32.0 Å². The molecular formula is C21H20N2O4S2. The van der Waals surface area contributed by atoms with Gasteiger partial charge in [0.15, 0.2) is 0 Å². The number of nitrogens with zero attached hydrogens (tertiary/aromatic N) is 2. The Bertz CT molecular complexity index is 1170. The van der Waals surface area contributed by atoms with Gasteiger partial charge in [-0.2, -0.15) is 0 Å². The van der Waals surface area contributed by atoms with E-state index in [0.717, 1.165) is 10.4 Å². The van der Waals surface area contributed by atoms with Crippen molar-refractivity contribution in [2.24, 2.45) is 0 Å². The first-order valence-electron chi connectivity index (χ1n) is 9.27. The minimum atomic E-state index is -3.73. The lowest BCUT2D eigenvalue weighted by atomic mass is 10.1. The van der Waals surface area contributed by atoms with Gasteiger partial charge in [-0.3, -0.25) is 4.31 Å². The molecule has 0 atom stereocenters. The maximum Gasteiger partial charge on any atom is 0.367 e. The van der Waals surface area contributed by atoms with Crippen LogP contribution in [0.1, 0.15) is 27.2 Å². The molecule has 6 nitrogen and oxygen atoms in total. The summed E-state index contributed by atoms with van der Waals surface area (Å²) in [5.41, 5.74) is 2.91. The van der Waals surface area contributed by atoms with Crippen molar-refractivity contribution in [3.8, 4) is 11.3 Å². The summed E-state index contributed by atoms with van der Waals surface area (Å²) < 4.78 is 33.3. The van der Waals surface area contributed by atoms with Crippen LogP contribution in [-0.4, -0.2) is 32.5 Å². The lowest BCUT2D eigenvalue weighted by molar-refractivity contribution is 0.0526. The Hall–Kier alpha value is -2.71. The molecule has 1 aromatic heterocycles. The molecule has 2 heterocycles. The molecule has 0 radical (unpaired) electrons. The van der Waals surface area contributed by atoms with E-state index in [2.05, 4.69) is 4.98 Å². The lowest BCUT2D eigenvalue weighted by Crippen LogP contribution is -2.32. The minimum absolute atomic E-state index is 0.253. The normalized spacial score (nSPS) is 13.4. The molecule has 4 rings (SSSR count). The molecule has 0 unspecified atom stereocenters. The number of esters is 1. The lowest BCUT2D eigenvalue weighted by Gasteiger charge is -2.24. The first kappa shape index (κ1) is 19.6. The van der Waals surface area contributed by atoms with Gasteiger partial charge >= 0.3 is 5.97 Å². The molecule has 8 heteroatoms. The number of hydrogen-bond acceptors (Lipinski definition) is 6. The number of thiazole rings is 1. The Morgan fingerprint density at radius 1 is 1.17 bits per heavy atom. The summed E-state index contributed by atoms with van der Waals surface area (Å²) in [6.45, 7) is 4.22. The number of aryl methyl sites for hydroxylation is 1. The van der Waals surface area contributed by atoms with Crippen molar-refractivity contribution in [1.82, 2.24) is 4.98 Å². The maximum atomic E-state index is 13.4. The summed E-state index contributed by atoms with van der Waals surface area (Å²) in [6.07, 6.45) is 0.464. The topological polar surface area (TPSA) is 76.6 Å². The third-order valence-corrected chi connectivity index (χ3v) is 7.65.